The fraction of sp³-hybridized carbons (Fsp3) is 1.00. The summed E-state index contributed by atoms with van der Waals surface area (Å²) in [5.74, 6) is 0.500. The number of rotatable bonds is 23. The van der Waals surface area contributed by atoms with Gasteiger partial charge in [-0.2, -0.15) is 0 Å². The molecule has 0 fully saturated rings. The van der Waals surface area contributed by atoms with Crippen molar-refractivity contribution in [2.45, 2.75) is 131 Å². The first-order valence-electron chi connectivity index (χ1n) is 13.8. The average molecular weight is 480 g/mol. The van der Waals surface area contributed by atoms with Gasteiger partial charge in [0.15, 0.2) is 0 Å². The molecule has 0 saturated carbocycles. The van der Waals surface area contributed by atoms with Gasteiger partial charge in [0.2, 0.25) is 0 Å². The maximum absolute atomic E-state index is 13.3. The third-order valence-electron chi connectivity index (χ3n) is 7.07. The van der Waals surface area contributed by atoms with Crippen LogP contribution in [-0.4, -0.2) is 31.3 Å². The monoisotopic (exact) mass is 479 g/mol. The van der Waals surface area contributed by atoms with Crippen LogP contribution in [0.5, 0.6) is 0 Å². The molecule has 2 atom stereocenters. The van der Waals surface area contributed by atoms with Crippen molar-refractivity contribution in [2.24, 2.45) is 5.92 Å². The van der Waals surface area contributed by atoms with Crippen LogP contribution in [0.25, 0.3) is 0 Å². The van der Waals surface area contributed by atoms with E-state index in [-0.39, 0.29) is 0 Å². The molecular weight excluding hydrogens is 422 g/mol. The Labute approximate surface area is 197 Å². The molecule has 0 aliphatic carbocycles. The SMILES string of the molecule is CCCCCCP(CCCC)(CCCC)(CCCC)O[P+](=O)OCC(CC)CCCC. The van der Waals surface area contributed by atoms with Gasteiger partial charge >= 0.3 is 197 Å². The van der Waals surface area contributed by atoms with Crippen molar-refractivity contribution in [2.75, 3.05) is 31.3 Å². The fourth-order valence-corrected chi connectivity index (χ4v) is 13.8. The number of hydrogen-bond donors (Lipinski definition) is 0. The van der Waals surface area contributed by atoms with Crippen LogP contribution >= 0.6 is 15.1 Å². The van der Waals surface area contributed by atoms with E-state index in [1.807, 2.05) is 0 Å². The summed E-state index contributed by atoms with van der Waals surface area (Å²) in [5.41, 5.74) is 0. The van der Waals surface area contributed by atoms with E-state index in [0.717, 1.165) is 37.5 Å². The van der Waals surface area contributed by atoms with E-state index < -0.39 is 15.1 Å². The van der Waals surface area contributed by atoms with Crippen LogP contribution in [0.2, 0.25) is 0 Å². The first-order valence-corrected chi connectivity index (χ1v) is 17.7. The molecule has 0 spiro atoms. The van der Waals surface area contributed by atoms with E-state index >= 15 is 0 Å². The summed E-state index contributed by atoms with van der Waals surface area (Å²) in [6.45, 7) is 11.6. The molecule has 0 aromatic carbocycles. The van der Waals surface area contributed by atoms with Crippen LogP contribution in [0.1, 0.15) is 131 Å². The zero-order valence-corrected chi connectivity index (χ0v) is 23.9. The van der Waals surface area contributed by atoms with Gasteiger partial charge in [-0.25, -0.2) is 0 Å². The molecule has 0 aromatic heterocycles. The molecule has 0 bridgehead atoms. The Bertz CT molecular complexity index is 418. The Hall–Kier alpha value is 0.450. The van der Waals surface area contributed by atoms with Gasteiger partial charge in [-0.15, -0.1) is 0 Å². The quantitative estimate of drug-likeness (QED) is 0.108. The molecule has 0 aromatic rings. The second-order valence-electron chi connectivity index (χ2n) is 9.89. The Morgan fingerprint density at radius 3 is 1.58 bits per heavy atom. The van der Waals surface area contributed by atoms with Gasteiger partial charge in [0.1, 0.15) is 0 Å². The Morgan fingerprint density at radius 1 is 0.645 bits per heavy atom. The molecule has 0 aliphatic heterocycles. The molecular formula is C26H57O3P2+. The zero-order chi connectivity index (χ0) is 23.5. The van der Waals surface area contributed by atoms with Crippen molar-refractivity contribution in [1.29, 1.82) is 0 Å². The number of hydrogen-bond acceptors (Lipinski definition) is 3. The van der Waals surface area contributed by atoms with E-state index in [2.05, 4.69) is 41.5 Å². The molecule has 5 heteroatoms. The molecule has 2 unspecified atom stereocenters. The first kappa shape index (κ1) is 31.4. The topological polar surface area (TPSA) is 35.5 Å². The van der Waals surface area contributed by atoms with Gasteiger partial charge in [-0.3, -0.25) is 0 Å². The summed E-state index contributed by atoms with van der Waals surface area (Å²) in [4.78, 5) is 0. The molecule has 0 aliphatic rings. The predicted molar refractivity (Wildman–Crippen MR) is 143 cm³/mol. The molecule has 188 valence electrons. The van der Waals surface area contributed by atoms with E-state index in [1.165, 1.54) is 77.0 Å². The molecule has 3 nitrogen and oxygen atoms in total. The van der Waals surface area contributed by atoms with Crippen molar-refractivity contribution >= 4 is 15.1 Å². The second kappa shape index (κ2) is 18.8. The molecule has 0 N–H and O–H groups in total. The van der Waals surface area contributed by atoms with Gasteiger partial charge in [-0.1, -0.05) is 0 Å². The summed E-state index contributed by atoms with van der Waals surface area (Å²) in [7, 11) is -2.04. The molecule has 0 saturated heterocycles. The molecule has 0 heterocycles. The minimum atomic E-state index is -2.54. The molecule has 0 radical (unpaired) electrons. The van der Waals surface area contributed by atoms with Crippen molar-refractivity contribution in [3.8, 4) is 0 Å². The van der Waals surface area contributed by atoms with Crippen LogP contribution in [-0.2, 0) is 13.4 Å². The van der Waals surface area contributed by atoms with E-state index in [4.69, 9.17) is 8.83 Å². The summed E-state index contributed by atoms with van der Waals surface area (Å²) < 4.78 is 26.1. The fourth-order valence-electron chi connectivity index (χ4n) is 4.72. The third-order valence-corrected chi connectivity index (χ3v) is 15.6. The Kier molecular flexibility index (Phi) is 19.1. The van der Waals surface area contributed by atoms with Crippen molar-refractivity contribution in [1.82, 2.24) is 0 Å². The van der Waals surface area contributed by atoms with Crippen LogP contribution < -0.4 is 0 Å². The Morgan fingerprint density at radius 2 is 1.13 bits per heavy atom. The van der Waals surface area contributed by atoms with Gasteiger partial charge < -0.3 is 0 Å². The van der Waals surface area contributed by atoms with Gasteiger partial charge in [0.05, 0.1) is 0 Å². The van der Waals surface area contributed by atoms with Crippen LogP contribution in [0.3, 0.4) is 0 Å². The van der Waals surface area contributed by atoms with Crippen LogP contribution in [0, 0.1) is 5.92 Å². The molecule has 0 amide bonds. The Balaban J connectivity index is 5.58. The summed E-state index contributed by atoms with van der Waals surface area (Å²) in [5, 5.41) is 0. The van der Waals surface area contributed by atoms with Gasteiger partial charge in [0.25, 0.3) is 0 Å². The molecule has 0 rings (SSSR count). The third kappa shape index (κ3) is 13.1. The first-order chi connectivity index (χ1) is 14.9. The maximum atomic E-state index is 13.3. The van der Waals surface area contributed by atoms with Gasteiger partial charge in [0, 0.05) is 0 Å². The van der Waals surface area contributed by atoms with Crippen molar-refractivity contribution < 1.29 is 13.4 Å². The summed E-state index contributed by atoms with van der Waals surface area (Å²) in [6, 6.07) is 0. The van der Waals surface area contributed by atoms with Crippen LogP contribution in [0.15, 0.2) is 0 Å². The van der Waals surface area contributed by atoms with Crippen LogP contribution in [0.4, 0.5) is 0 Å². The molecule has 31 heavy (non-hydrogen) atoms. The van der Waals surface area contributed by atoms with E-state index in [9.17, 15) is 4.57 Å². The zero-order valence-electron chi connectivity index (χ0n) is 22.1. The normalized spacial score (nSPS) is 14.9. The minimum absolute atomic E-state index is 0.500. The van der Waals surface area contributed by atoms with E-state index in [1.54, 1.807) is 0 Å². The van der Waals surface area contributed by atoms with Gasteiger partial charge in [-0.05, 0) is 0 Å². The van der Waals surface area contributed by atoms with E-state index in [0.29, 0.717) is 12.5 Å². The number of unbranched alkanes of at least 4 members (excludes halogenated alkanes) is 7. The predicted octanol–water partition coefficient (Wildman–Crippen LogP) is 10.3. The second-order valence-corrected chi connectivity index (χ2v) is 16.8. The van der Waals surface area contributed by atoms with Crippen molar-refractivity contribution in [3.63, 3.8) is 0 Å². The summed E-state index contributed by atoms with van der Waals surface area (Å²) >= 11 is 0. The standard InChI is InChI=1S/C26H57O3P2/c1-7-13-18-19-24-31(21-15-9-3,22-16-10-4,23-17-11-5)29-30(27)28-25-26(12-6)20-14-8-2/h26H,7-25H2,1-6H3/q+1. The average Bonchev–Trinajstić information content (AvgIpc) is 2.78. The van der Waals surface area contributed by atoms with Crippen molar-refractivity contribution in [3.05, 3.63) is 0 Å². The summed E-state index contributed by atoms with van der Waals surface area (Å²) in [6.07, 6.45) is 21.4.